The molecule has 7 heteroatoms. The lowest BCUT2D eigenvalue weighted by Gasteiger charge is -2.34. The maximum absolute atomic E-state index is 13.1. The minimum absolute atomic E-state index is 0.0774. The van der Waals surface area contributed by atoms with Gasteiger partial charge in [0.25, 0.3) is 5.91 Å². The van der Waals surface area contributed by atoms with E-state index in [0.717, 1.165) is 22.2 Å². The van der Waals surface area contributed by atoms with Crippen LogP contribution < -0.4 is 9.64 Å². The van der Waals surface area contributed by atoms with Gasteiger partial charge in [-0.1, -0.05) is 18.2 Å². The van der Waals surface area contributed by atoms with Gasteiger partial charge in [0.05, 0.1) is 12.2 Å². The molecule has 1 saturated heterocycles. The van der Waals surface area contributed by atoms with Gasteiger partial charge in [-0.15, -0.1) is 0 Å². The van der Waals surface area contributed by atoms with E-state index in [1.54, 1.807) is 12.3 Å². The molecule has 0 atom stereocenters. The molecule has 0 unspecified atom stereocenters. The molecular formula is C20H23N5O2. The minimum Gasteiger partial charge on any atom is -0.478 e. The summed E-state index contributed by atoms with van der Waals surface area (Å²) in [6.45, 7) is 7.13. The Balaban J connectivity index is 1.48. The Bertz CT molecular complexity index is 960. The Morgan fingerprint density at radius 3 is 2.74 bits per heavy atom. The molecule has 4 rings (SSSR count). The first-order valence-corrected chi connectivity index (χ1v) is 9.24. The fraction of sp³-hybridized carbons (Fsp3) is 0.350. The molecule has 0 aliphatic carbocycles. The number of amides is 1. The van der Waals surface area contributed by atoms with E-state index in [0.29, 0.717) is 44.6 Å². The zero-order chi connectivity index (χ0) is 18.8. The second kappa shape index (κ2) is 7.26. The van der Waals surface area contributed by atoms with Crippen molar-refractivity contribution < 1.29 is 9.53 Å². The number of aromatic amines is 1. The summed E-state index contributed by atoms with van der Waals surface area (Å²) in [6, 6.07) is 9.69. The van der Waals surface area contributed by atoms with E-state index in [1.165, 1.54) is 0 Å². The third kappa shape index (κ3) is 3.32. The van der Waals surface area contributed by atoms with E-state index in [-0.39, 0.29) is 5.91 Å². The maximum Gasteiger partial charge on any atom is 0.256 e. The lowest BCUT2D eigenvalue weighted by Crippen LogP contribution is -2.49. The van der Waals surface area contributed by atoms with Gasteiger partial charge in [0.2, 0.25) is 11.8 Å². The fourth-order valence-corrected chi connectivity index (χ4v) is 3.53. The normalized spacial score (nSPS) is 14.6. The second-order valence-corrected chi connectivity index (χ2v) is 6.58. The number of hydrogen-bond donors (Lipinski definition) is 1. The van der Waals surface area contributed by atoms with Gasteiger partial charge in [0.1, 0.15) is 0 Å². The van der Waals surface area contributed by atoms with Crippen molar-refractivity contribution in [2.75, 3.05) is 37.7 Å². The van der Waals surface area contributed by atoms with Crippen molar-refractivity contribution in [3.05, 3.63) is 47.8 Å². The molecule has 1 aliphatic heterocycles. The zero-order valence-electron chi connectivity index (χ0n) is 15.6. The number of nitrogens with one attached hydrogen (secondary N) is 1. The fourth-order valence-electron chi connectivity index (χ4n) is 3.53. The number of aromatic nitrogens is 3. The molecule has 3 heterocycles. The summed E-state index contributed by atoms with van der Waals surface area (Å²) in [7, 11) is 0. The number of H-pyrrole nitrogens is 1. The van der Waals surface area contributed by atoms with Gasteiger partial charge in [0, 0.05) is 55.0 Å². The van der Waals surface area contributed by atoms with Gasteiger partial charge >= 0.3 is 0 Å². The van der Waals surface area contributed by atoms with Gasteiger partial charge in [-0.25, -0.2) is 4.98 Å². The first-order valence-electron chi connectivity index (χ1n) is 9.24. The van der Waals surface area contributed by atoms with Crippen molar-refractivity contribution in [2.45, 2.75) is 13.8 Å². The largest absolute Gasteiger partial charge is 0.478 e. The average molecular weight is 365 g/mol. The summed E-state index contributed by atoms with van der Waals surface area (Å²) in [5, 5.41) is 0.982. The predicted octanol–water partition coefficient (Wildman–Crippen LogP) is 2.63. The van der Waals surface area contributed by atoms with E-state index in [2.05, 4.69) is 19.9 Å². The summed E-state index contributed by atoms with van der Waals surface area (Å²) in [4.78, 5) is 29.2. The molecule has 0 radical (unpaired) electrons. The molecule has 1 aromatic carbocycles. The molecule has 1 aliphatic rings. The van der Waals surface area contributed by atoms with E-state index in [4.69, 9.17) is 4.74 Å². The number of nitrogens with zero attached hydrogens (tertiary/aromatic N) is 4. The topological polar surface area (TPSA) is 74.3 Å². The van der Waals surface area contributed by atoms with Crippen molar-refractivity contribution in [1.82, 2.24) is 19.9 Å². The van der Waals surface area contributed by atoms with Crippen LogP contribution in [0.15, 0.2) is 36.5 Å². The monoisotopic (exact) mass is 365 g/mol. The zero-order valence-corrected chi connectivity index (χ0v) is 15.6. The number of benzene rings is 1. The van der Waals surface area contributed by atoms with Gasteiger partial charge in [-0.2, -0.15) is 4.98 Å². The van der Waals surface area contributed by atoms with Crippen LogP contribution in [0.25, 0.3) is 10.9 Å². The number of aryl methyl sites for hydroxylation is 1. The van der Waals surface area contributed by atoms with Gasteiger partial charge in [-0.05, 0) is 19.9 Å². The number of anilines is 1. The van der Waals surface area contributed by atoms with Crippen molar-refractivity contribution in [1.29, 1.82) is 0 Å². The van der Waals surface area contributed by atoms with Crippen LogP contribution in [0.1, 0.15) is 23.0 Å². The molecule has 0 saturated carbocycles. The summed E-state index contributed by atoms with van der Waals surface area (Å²) < 4.78 is 5.45. The number of hydrogen-bond acceptors (Lipinski definition) is 5. The standard InChI is InChI=1S/C20H23N5O2/c1-3-27-17-8-9-21-20(23-17)25-12-10-24(11-13-25)19(26)18-14(2)22-16-7-5-4-6-15(16)18/h4-9,22H,3,10-13H2,1-2H3. The van der Waals surface area contributed by atoms with Crippen LogP contribution in [0.2, 0.25) is 0 Å². The van der Waals surface area contributed by atoms with Crippen LogP contribution in [0.5, 0.6) is 5.88 Å². The summed E-state index contributed by atoms with van der Waals surface area (Å²) >= 11 is 0. The first kappa shape index (κ1) is 17.3. The van der Waals surface area contributed by atoms with Crippen LogP contribution in [-0.2, 0) is 0 Å². The number of carbonyl (C=O) groups is 1. The molecule has 7 nitrogen and oxygen atoms in total. The van der Waals surface area contributed by atoms with Gasteiger partial charge in [0.15, 0.2) is 0 Å². The molecule has 1 fully saturated rings. The Labute approximate surface area is 158 Å². The van der Waals surface area contributed by atoms with E-state index in [9.17, 15) is 4.79 Å². The highest BCUT2D eigenvalue weighted by atomic mass is 16.5. The molecule has 3 aromatic rings. The van der Waals surface area contributed by atoms with Crippen molar-refractivity contribution in [3.8, 4) is 5.88 Å². The SMILES string of the molecule is CCOc1ccnc(N2CCN(C(=O)c3c(C)[nH]c4ccccc34)CC2)n1. The van der Waals surface area contributed by atoms with E-state index < -0.39 is 0 Å². The number of fused-ring (bicyclic) bond motifs is 1. The Morgan fingerprint density at radius 2 is 1.96 bits per heavy atom. The number of para-hydroxylation sites is 1. The van der Waals surface area contributed by atoms with Crippen LogP contribution in [0.3, 0.4) is 0 Å². The first-order chi connectivity index (χ1) is 13.2. The van der Waals surface area contributed by atoms with Crippen molar-refractivity contribution in [2.24, 2.45) is 0 Å². The third-order valence-corrected chi connectivity index (χ3v) is 4.87. The highest BCUT2D eigenvalue weighted by Crippen LogP contribution is 2.24. The van der Waals surface area contributed by atoms with Crippen molar-refractivity contribution >= 4 is 22.8 Å². The van der Waals surface area contributed by atoms with Gasteiger partial charge < -0.3 is 19.5 Å². The van der Waals surface area contributed by atoms with E-state index in [1.807, 2.05) is 43.0 Å². The molecule has 140 valence electrons. The third-order valence-electron chi connectivity index (χ3n) is 4.87. The quantitative estimate of drug-likeness (QED) is 0.769. The van der Waals surface area contributed by atoms with Crippen LogP contribution >= 0.6 is 0 Å². The second-order valence-electron chi connectivity index (χ2n) is 6.58. The molecule has 1 amide bonds. The molecule has 0 bridgehead atoms. The van der Waals surface area contributed by atoms with E-state index >= 15 is 0 Å². The van der Waals surface area contributed by atoms with Crippen LogP contribution in [0.4, 0.5) is 5.95 Å². The highest BCUT2D eigenvalue weighted by Gasteiger charge is 2.26. The molecule has 27 heavy (non-hydrogen) atoms. The smallest absolute Gasteiger partial charge is 0.256 e. The minimum atomic E-state index is 0.0774. The highest BCUT2D eigenvalue weighted by molar-refractivity contribution is 6.08. The summed E-state index contributed by atoms with van der Waals surface area (Å²) in [5.41, 5.74) is 2.68. The number of ether oxygens (including phenoxy) is 1. The molecule has 0 spiro atoms. The van der Waals surface area contributed by atoms with Crippen LogP contribution in [-0.4, -0.2) is 58.5 Å². The summed E-state index contributed by atoms with van der Waals surface area (Å²) in [6.07, 6.45) is 1.71. The van der Waals surface area contributed by atoms with Crippen molar-refractivity contribution in [3.63, 3.8) is 0 Å². The molecule has 2 aromatic heterocycles. The number of piperazine rings is 1. The molecular weight excluding hydrogens is 342 g/mol. The lowest BCUT2D eigenvalue weighted by atomic mass is 10.1. The maximum atomic E-state index is 13.1. The summed E-state index contributed by atoms with van der Waals surface area (Å²) in [5.74, 6) is 1.31. The Hall–Kier alpha value is -3.09. The molecule has 1 N–H and O–H groups in total. The predicted molar refractivity (Wildman–Crippen MR) is 104 cm³/mol. The lowest BCUT2D eigenvalue weighted by molar-refractivity contribution is 0.0747. The van der Waals surface area contributed by atoms with Gasteiger partial charge in [-0.3, -0.25) is 4.79 Å². The van der Waals surface area contributed by atoms with Crippen LogP contribution in [0, 0.1) is 6.92 Å². The average Bonchev–Trinajstić information content (AvgIpc) is 3.04. The number of carbonyl (C=O) groups excluding carboxylic acids is 1. The Kier molecular flexibility index (Phi) is 4.66. The Morgan fingerprint density at radius 1 is 1.19 bits per heavy atom. The number of rotatable bonds is 4.